The highest BCUT2D eigenvalue weighted by Crippen LogP contribution is 2.38. The van der Waals surface area contributed by atoms with Gasteiger partial charge in [0.15, 0.2) is 0 Å². The molecule has 154 valence electrons. The molecule has 7 nitrogen and oxygen atoms in total. The molecule has 1 aromatic rings. The summed E-state index contributed by atoms with van der Waals surface area (Å²) in [6, 6.07) is 6.91. The molecule has 7 heteroatoms. The highest BCUT2D eigenvalue weighted by atomic mass is 16.2. The lowest BCUT2D eigenvalue weighted by Crippen LogP contribution is -2.34. The minimum atomic E-state index is -0.272. The monoisotopic (exact) mass is 397 g/mol. The number of likely N-dealkylation sites (tertiary alicyclic amines) is 2. The Bertz CT molecular complexity index is 807. The number of carbonyl (C=O) groups is 4. The lowest BCUT2D eigenvalue weighted by atomic mass is 9.81. The number of amides is 4. The number of hydrogen-bond acceptors (Lipinski definition) is 4. The molecule has 2 aliphatic heterocycles. The Morgan fingerprint density at radius 3 is 2.28 bits per heavy atom. The minimum Gasteiger partial charge on any atom is -0.339 e. The maximum absolute atomic E-state index is 12.5. The second-order valence-corrected chi connectivity index (χ2v) is 8.20. The van der Waals surface area contributed by atoms with E-state index in [1.54, 1.807) is 24.3 Å². The van der Waals surface area contributed by atoms with Gasteiger partial charge in [-0.15, -0.1) is 0 Å². The number of anilines is 1. The van der Waals surface area contributed by atoms with Crippen LogP contribution in [0.3, 0.4) is 0 Å². The molecule has 2 atom stereocenters. The lowest BCUT2D eigenvalue weighted by Gasteiger charge is -2.19. The van der Waals surface area contributed by atoms with E-state index in [0.717, 1.165) is 51.6 Å². The molecule has 0 aromatic heterocycles. The molecule has 1 N–H and O–H groups in total. The van der Waals surface area contributed by atoms with Crippen LogP contribution in [-0.2, 0) is 14.4 Å². The third kappa shape index (κ3) is 4.04. The van der Waals surface area contributed by atoms with Crippen LogP contribution in [0.2, 0.25) is 0 Å². The van der Waals surface area contributed by atoms with Crippen LogP contribution in [0.1, 0.15) is 55.3 Å². The highest BCUT2D eigenvalue weighted by molar-refractivity contribution is 6.05. The van der Waals surface area contributed by atoms with Gasteiger partial charge in [-0.05, 0) is 43.9 Å². The van der Waals surface area contributed by atoms with Crippen molar-refractivity contribution in [1.29, 1.82) is 0 Å². The number of rotatable bonds is 5. The molecule has 3 aliphatic rings. The van der Waals surface area contributed by atoms with Gasteiger partial charge in [0.1, 0.15) is 0 Å². The number of carbonyl (C=O) groups excluding carboxylic acids is 4. The summed E-state index contributed by atoms with van der Waals surface area (Å²) < 4.78 is 0. The first-order valence-electron chi connectivity index (χ1n) is 10.6. The predicted octanol–water partition coefficient (Wildman–Crippen LogP) is 2.43. The fourth-order valence-corrected chi connectivity index (χ4v) is 4.72. The maximum Gasteiger partial charge on any atom is 0.253 e. The number of benzene rings is 1. The summed E-state index contributed by atoms with van der Waals surface area (Å²) in [5.41, 5.74) is 1.10. The fourth-order valence-electron chi connectivity index (χ4n) is 4.72. The zero-order valence-corrected chi connectivity index (χ0v) is 16.6. The normalized spacial score (nSPS) is 24.0. The Morgan fingerprint density at radius 1 is 0.966 bits per heavy atom. The zero-order chi connectivity index (χ0) is 20.4. The van der Waals surface area contributed by atoms with Crippen LogP contribution in [0.5, 0.6) is 0 Å². The molecule has 1 saturated carbocycles. The van der Waals surface area contributed by atoms with E-state index in [1.807, 2.05) is 4.90 Å². The van der Waals surface area contributed by atoms with Crippen molar-refractivity contribution >= 4 is 29.3 Å². The quantitative estimate of drug-likeness (QED) is 0.773. The summed E-state index contributed by atoms with van der Waals surface area (Å²) in [7, 11) is 0. The van der Waals surface area contributed by atoms with Gasteiger partial charge in [0.05, 0.1) is 11.8 Å². The first-order chi connectivity index (χ1) is 14.0. The van der Waals surface area contributed by atoms with E-state index in [-0.39, 0.29) is 48.4 Å². The van der Waals surface area contributed by atoms with E-state index in [1.165, 1.54) is 4.90 Å². The van der Waals surface area contributed by atoms with Gasteiger partial charge < -0.3 is 10.2 Å². The second kappa shape index (κ2) is 8.35. The predicted molar refractivity (Wildman–Crippen MR) is 107 cm³/mol. The fraction of sp³-hybridized carbons (Fsp3) is 0.545. The summed E-state index contributed by atoms with van der Waals surface area (Å²) in [5, 5.41) is 2.79. The number of fused-ring (bicyclic) bond motifs is 1. The summed E-state index contributed by atoms with van der Waals surface area (Å²) in [4.78, 5) is 53.0. The molecule has 2 heterocycles. The lowest BCUT2D eigenvalue weighted by molar-refractivity contribution is -0.140. The summed E-state index contributed by atoms with van der Waals surface area (Å²) in [5.74, 6) is -0.905. The Hall–Kier alpha value is -2.70. The third-order valence-corrected chi connectivity index (χ3v) is 6.28. The van der Waals surface area contributed by atoms with E-state index >= 15 is 0 Å². The van der Waals surface area contributed by atoms with Gasteiger partial charge in [0.25, 0.3) is 5.91 Å². The molecule has 2 saturated heterocycles. The summed E-state index contributed by atoms with van der Waals surface area (Å²) in [6.45, 7) is 1.66. The summed E-state index contributed by atoms with van der Waals surface area (Å²) in [6.07, 6.45) is 5.63. The minimum absolute atomic E-state index is 0.0190. The molecule has 0 spiro atoms. The Balaban J connectivity index is 1.33. The molecule has 29 heavy (non-hydrogen) atoms. The van der Waals surface area contributed by atoms with Crippen molar-refractivity contribution in [3.63, 3.8) is 0 Å². The molecule has 1 aromatic carbocycles. The maximum atomic E-state index is 12.5. The van der Waals surface area contributed by atoms with E-state index < -0.39 is 0 Å². The number of nitrogens with zero attached hydrogens (tertiary/aromatic N) is 2. The van der Waals surface area contributed by atoms with Gasteiger partial charge in [-0.3, -0.25) is 24.1 Å². The second-order valence-electron chi connectivity index (χ2n) is 8.20. The van der Waals surface area contributed by atoms with Crippen molar-refractivity contribution in [3.8, 4) is 0 Å². The SMILES string of the molecule is O=C(CCN1C(=O)C2CCCCC2C1=O)Nc1cccc(C(=O)N2CCCC2)c1. The van der Waals surface area contributed by atoms with Crippen molar-refractivity contribution in [1.82, 2.24) is 9.80 Å². The van der Waals surface area contributed by atoms with E-state index in [2.05, 4.69) is 5.32 Å². The van der Waals surface area contributed by atoms with Crippen LogP contribution in [0, 0.1) is 11.8 Å². The average Bonchev–Trinajstić information content (AvgIpc) is 3.35. The van der Waals surface area contributed by atoms with Crippen molar-refractivity contribution in [2.45, 2.75) is 44.9 Å². The number of nitrogens with one attached hydrogen (secondary N) is 1. The summed E-state index contributed by atoms with van der Waals surface area (Å²) >= 11 is 0. The molecular weight excluding hydrogens is 370 g/mol. The van der Waals surface area contributed by atoms with Crippen LogP contribution < -0.4 is 5.32 Å². The third-order valence-electron chi connectivity index (χ3n) is 6.28. The van der Waals surface area contributed by atoms with Crippen molar-refractivity contribution in [3.05, 3.63) is 29.8 Å². The van der Waals surface area contributed by atoms with Gasteiger partial charge in [-0.25, -0.2) is 0 Å². The van der Waals surface area contributed by atoms with Crippen molar-refractivity contribution in [2.75, 3.05) is 25.0 Å². The van der Waals surface area contributed by atoms with Gasteiger partial charge in [0.2, 0.25) is 17.7 Å². The standard InChI is InChI=1S/C22H27N3O4/c26-19(10-13-25-21(28)17-8-1-2-9-18(17)22(25)29)23-16-7-5-6-15(14-16)20(27)24-11-3-4-12-24/h5-7,14,17-18H,1-4,8-13H2,(H,23,26). The highest BCUT2D eigenvalue weighted by Gasteiger charge is 2.47. The average molecular weight is 397 g/mol. The smallest absolute Gasteiger partial charge is 0.253 e. The van der Waals surface area contributed by atoms with Crippen LogP contribution in [0.4, 0.5) is 5.69 Å². The zero-order valence-electron chi connectivity index (χ0n) is 16.6. The first-order valence-corrected chi connectivity index (χ1v) is 10.6. The Labute approximate surface area is 170 Å². The van der Waals surface area contributed by atoms with Gasteiger partial charge in [0, 0.05) is 37.3 Å². The molecular formula is C22H27N3O4. The first kappa shape index (κ1) is 19.6. The van der Waals surface area contributed by atoms with E-state index in [9.17, 15) is 19.2 Å². The topological polar surface area (TPSA) is 86.8 Å². The largest absolute Gasteiger partial charge is 0.339 e. The van der Waals surface area contributed by atoms with Crippen LogP contribution in [-0.4, -0.2) is 53.1 Å². The molecule has 0 radical (unpaired) electrons. The van der Waals surface area contributed by atoms with Gasteiger partial charge in [-0.1, -0.05) is 18.9 Å². The van der Waals surface area contributed by atoms with E-state index in [4.69, 9.17) is 0 Å². The molecule has 0 bridgehead atoms. The molecule has 1 aliphatic carbocycles. The molecule has 4 rings (SSSR count). The van der Waals surface area contributed by atoms with Crippen LogP contribution >= 0.6 is 0 Å². The van der Waals surface area contributed by atoms with Gasteiger partial charge >= 0.3 is 0 Å². The number of imide groups is 1. The molecule has 4 amide bonds. The molecule has 2 unspecified atom stereocenters. The van der Waals surface area contributed by atoms with Crippen molar-refractivity contribution in [2.24, 2.45) is 11.8 Å². The van der Waals surface area contributed by atoms with Crippen LogP contribution in [0.15, 0.2) is 24.3 Å². The van der Waals surface area contributed by atoms with Crippen LogP contribution in [0.25, 0.3) is 0 Å². The van der Waals surface area contributed by atoms with E-state index in [0.29, 0.717) is 11.3 Å². The number of hydrogen-bond donors (Lipinski definition) is 1. The van der Waals surface area contributed by atoms with Gasteiger partial charge in [-0.2, -0.15) is 0 Å². The molecule has 3 fully saturated rings. The Kier molecular flexibility index (Phi) is 5.65. The Morgan fingerprint density at radius 2 is 1.62 bits per heavy atom. The van der Waals surface area contributed by atoms with Crippen molar-refractivity contribution < 1.29 is 19.2 Å².